The molecule has 0 aliphatic heterocycles. The third-order valence-corrected chi connectivity index (χ3v) is 4.17. The van der Waals surface area contributed by atoms with E-state index >= 15 is 0 Å². The van der Waals surface area contributed by atoms with Gasteiger partial charge in [0.1, 0.15) is 0 Å². The lowest BCUT2D eigenvalue weighted by atomic mass is 9.97. The zero-order chi connectivity index (χ0) is 12.5. The van der Waals surface area contributed by atoms with Crippen LogP contribution in [0.25, 0.3) is 0 Å². The van der Waals surface area contributed by atoms with Crippen LogP contribution in [-0.2, 0) is 4.79 Å². The first-order chi connectivity index (χ1) is 8.22. The second-order valence-corrected chi connectivity index (χ2v) is 5.99. The van der Waals surface area contributed by atoms with Gasteiger partial charge in [0.2, 0.25) is 5.91 Å². The first kappa shape index (κ1) is 14.6. The molecule has 0 aromatic heterocycles. The number of rotatable bonds is 7. The SMILES string of the molecule is CC(CN)SCC(=O)NCCC1=CCCCC1. The molecule has 3 N–H and O–H groups in total. The van der Waals surface area contributed by atoms with Crippen LogP contribution in [0.1, 0.15) is 39.0 Å². The number of thioether (sulfide) groups is 1. The zero-order valence-electron chi connectivity index (χ0n) is 10.7. The Balaban J connectivity index is 2.05. The molecule has 0 aromatic rings. The fraction of sp³-hybridized carbons (Fsp3) is 0.769. The molecule has 0 aromatic carbocycles. The minimum atomic E-state index is 0.131. The average molecular weight is 256 g/mol. The predicted octanol–water partition coefficient (Wildman–Crippen LogP) is 2.07. The van der Waals surface area contributed by atoms with Crippen molar-refractivity contribution in [1.82, 2.24) is 5.32 Å². The molecular weight excluding hydrogens is 232 g/mol. The molecule has 3 nitrogen and oxygen atoms in total. The maximum Gasteiger partial charge on any atom is 0.230 e. The van der Waals surface area contributed by atoms with Crippen molar-refractivity contribution in [1.29, 1.82) is 0 Å². The number of amides is 1. The van der Waals surface area contributed by atoms with Crippen LogP contribution in [0.5, 0.6) is 0 Å². The third kappa shape index (κ3) is 6.74. The van der Waals surface area contributed by atoms with Crippen molar-refractivity contribution < 1.29 is 4.79 Å². The molecule has 98 valence electrons. The van der Waals surface area contributed by atoms with Crippen molar-refractivity contribution in [2.45, 2.75) is 44.3 Å². The predicted molar refractivity (Wildman–Crippen MR) is 75.2 cm³/mol. The van der Waals surface area contributed by atoms with Gasteiger partial charge in [0.25, 0.3) is 0 Å². The van der Waals surface area contributed by atoms with E-state index in [1.165, 1.54) is 31.3 Å². The van der Waals surface area contributed by atoms with Crippen LogP contribution in [0.3, 0.4) is 0 Å². The van der Waals surface area contributed by atoms with Crippen molar-refractivity contribution in [3.8, 4) is 0 Å². The molecule has 1 rings (SSSR count). The highest BCUT2D eigenvalue weighted by Crippen LogP contribution is 2.19. The minimum absolute atomic E-state index is 0.131. The van der Waals surface area contributed by atoms with Gasteiger partial charge in [-0.15, -0.1) is 11.8 Å². The maximum atomic E-state index is 11.5. The van der Waals surface area contributed by atoms with Crippen molar-refractivity contribution >= 4 is 17.7 Å². The summed E-state index contributed by atoms with van der Waals surface area (Å²) in [5, 5.41) is 3.33. The summed E-state index contributed by atoms with van der Waals surface area (Å²) in [6.45, 7) is 3.46. The van der Waals surface area contributed by atoms with Crippen LogP contribution in [0.15, 0.2) is 11.6 Å². The molecule has 0 saturated carbocycles. The molecular formula is C13H24N2OS. The summed E-state index contributed by atoms with van der Waals surface area (Å²) in [5.74, 6) is 0.656. The van der Waals surface area contributed by atoms with Gasteiger partial charge in [0, 0.05) is 18.3 Å². The third-order valence-electron chi connectivity index (χ3n) is 2.98. The fourth-order valence-electron chi connectivity index (χ4n) is 1.83. The van der Waals surface area contributed by atoms with Crippen LogP contribution in [0, 0.1) is 0 Å². The molecule has 1 aliphatic rings. The highest BCUT2D eigenvalue weighted by Gasteiger charge is 2.07. The summed E-state index contributed by atoms with van der Waals surface area (Å²) < 4.78 is 0. The zero-order valence-corrected chi connectivity index (χ0v) is 11.5. The van der Waals surface area contributed by atoms with E-state index in [9.17, 15) is 4.79 Å². The molecule has 0 bridgehead atoms. The Morgan fingerprint density at radius 1 is 1.59 bits per heavy atom. The van der Waals surface area contributed by atoms with E-state index in [0.717, 1.165) is 13.0 Å². The number of carbonyl (C=O) groups is 1. The number of carbonyl (C=O) groups excluding carboxylic acids is 1. The summed E-state index contributed by atoms with van der Waals surface area (Å²) in [4.78, 5) is 11.5. The number of hydrogen-bond acceptors (Lipinski definition) is 3. The first-order valence-electron chi connectivity index (χ1n) is 6.48. The van der Waals surface area contributed by atoms with Crippen LogP contribution >= 0.6 is 11.8 Å². The van der Waals surface area contributed by atoms with Crippen molar-refractivity contribution in [3.63, 3.8) is 0 Å². The molecule has 0 saturated heterocycles. The van der Waals surface area contributed by atoms with Gasteiger partial charge >= 0.3 is 0 Å². The average Bonchev–Trinajstić information content (AvgIpc) is 2.37. The molecule has 1 amide bonds. The highest BCUT2D eigenvalue weighted by molar-refractivity contribution is 8.00. The maximum absolute atomic E-state index is 11.5. The van der Waals surface area contributed by atoms with E-state index in [-0.39, 0.29) is 5.91 Å². The quantitative estimate of drug-likeness (QED) is 0.686. The number of nitrogens with one attached hydrogen (secondary N) is 1. The Morgan fingerprint density at radius 2 is 2.41 bits per heavy atom. The Kier molecular flexibility index (Phi) is 7.37. The highest BCUT2D eigenvalue weighted by atomic mass is 32.2. The molecule has 0 fully saturated rings. The summed E-state index contributed by atoms with van der Waals surface area (Å²) in [6, 6.07) is 0. The number of nitrogens with two attached hydrogens (primary N) is 1. The van der Waals surface area contributed by atoms with Gasteiger partial charge in [-0.05, 0) is 32.1 Å². The van der Waals surface area contributed by atoms with E-state index in [1.54, 1.807) is 11.8 Å². The van der Waals surface area contributed by atoms with Gasteiger partial charge in [-0.2, -0.15) is 0 Å². The molecule has 1 atom stereocenters. The molecule has 0 heterocycles. The standard InChI is InChI=1S/C13H24N2OS/c1-11(9-14)17-10-13(16)15-8-7-12-5-3-2-4-6-12/h5,11H,2-4,6-10,14H2,1H3,(H,15,16). The summed E-state index contributed by atoms with van der Waals surface area (Å²) in [5.41, 5.74) is 7.01. The number of hydrogen-bond donors (Lipinski definition) is 2. The summed E-state index contributed by atoms with van der Waals surface area (Å²) in [6.07, 6.45) is 8.42. The van der Waals surface area contributed by atoms with Gasteiger partial charge in [-0.1, -0.05) is 18.6 Å². The van der Waals surface area contributed by atoms with Gasteiger partial charge in [0.05, 0.1) is 5.75 Å². The van der Waals surface area contributed by atoms with E-state index in [4.69, 9.17) is 5.73 Å². The molecule has 0 spiro atoms. The fourth-order valence-corrected chi connectivity index (χ4v) is 2.51. The van der Waals surface area contributed by atoms with Gasteiger partial charge in [0.15, 0.2) is 0 Å². The van der Waals surface area contributed by atoms with E-state index in [1.807, 2.05) is 6.92 Å². The Labute approximate surface area is 109 Å². The first-order valence-corrected chi connectivity index (χ1v) is 7.53. The molecule has 1 aliphatic carbocycles. The number of allylic oxidation sites excluding steroid dienone is 1. The van der Waals surface area contributed by atoms with Crippen LogP contribution in [-0.4, -0.2) is 30.0 Å². The van der Waals surface area contributed by atoms with E-state index in [2.05, 4.69) is 11.4 Å². The van der Waals surface area contributed by atoms with Gasteiger partial charge in [-0.25, -0.2) is 0 Å². The second kappa shape index (κ2) is 8.59. The normalized spacial score (nSPS) is 17.4. The monoisotopic (exact) mass is 256 g/mol. The lowest BCUT2D eigenvalue weighted by Crippen LogP contribution is -2.28. The second-order valence-electron chi connectivity index (χ2n) is 4.57. The topological polar surface area (TPSA) is 55.1 Å². The molecule has 0 radical (unpaired) electrons. The van der Waals surface area contributed by atoms with Crippen LogP contribution in [0.2, 0.25) is 0 Å². The summed E-state index contributed by atoms with van der Waals surface area (Å²) in [7, 11) is 0. The minimum Gasteiger partial charge on any atom is -0.355 e. The Hall–Kier alpha value is -0.480. The Bertz CT molecular complexity index is 266. The largest absolute Gasteiger partial charge is 0.355 e. The molecule has 17 heavy (non-hydrogen) atoms. The molecule has 4 heteroatoms. The summed E-state index contributed by atoms with van der Waals surface area (Å²) >= 11 is 1.62. The van der Waals surface area contributed by atoms with E-state index in [0.29, 0.717) is 17.5 Å². The van der Waals surface area contributed by atoms with Crippen molar-refractivity contribution in [3.05, 3.63) is 11.6 Å². The molecule has 1 unspecified atom stereocenters. The van der Waals surface area contributed by atoms with E-state index < -0.39 is 0 Å². The smallest absolute Gasteiger partial charge is 0.230 e. The van der Waals surface area contributed by atoms with Gasteiger partial charge < -0.3 is 11.1 Å². The Morgan fingerprint density at radius 3 is 3.06 bits per heavy atom. The van der Waals surface area contributed by atoms with Crippen molar-refractivity contribution in [2.75, 3.05) is 18.8 Å². The van der Waals surface area contributed by atoms with Crippen molar-refractivity contribution in [2.24, 2.45) is 5.73 Å². The van der Waals surface area contributed by atoms with Crippen LogP contribution < -0.4 is 11.1 Å². The van der Waals surface area contributed by atoms with Crippen LogP contribution in [0.4, 0.5) is 0 Å². The lowest BCUT2D eigenvalue weighted by Gasteiger charge is -2.13. The van der Waals surface area contributed by atoms with Gasteiger partial charge in [-0.3, -0.25) is 4.79 Å². The lowest BCUT2D eigenvalue weighted by molar-refractivity contribution is -0.118.